The molecule has 0 saturated carbocycles. The summed E-state index contributed by atoms with van der Waals surface area (Å²) < 4.78 is 5.98. The van der Waals surface area contributed by atoms with Gasteiger partial charge in [0.1, 0.15) is 5.60 Å². The van der Waals surface area contributed by atoms with Gasteiger partial charge in [0.2, 0.25) is 0 Å². The summed E-state index contributed by atoms with van der Waals surface area (Å²) in [5.41, 5.74) is -1.02. The standard InChI is InChI=1S/C16H32N2O2/c1-8-9-18(11-10-17(6)7)12-13-14(19)16(4,5)20-15(13,2)3/h13H,8-12H2,1-7H3. The molecule has 20 heavy (non-hydrogen) atoms. The maximum absolute atomic E-state index is 12.6. The van der Waals surface area contributed by atoms with Gasteiger partial charge < -0.3 is 14.5 Å². The molecule has 1 heterocycles. The fraction of sp³-hybridized carbons (Fsp3) is 0.938. The Balaban J connectivity index is 2.74. The van der Waals surface area contributed by atoms with Crippen molar-refractivity contribution in [3.05, 3.63) is 0 Å². The van der Waals surface area contributed by atoms with Gasteiger partial charge in [-0.3, -0.25) is 4.79 Å². The summed E-state index contributed by atoms with van der Waals surface area (Å²) in [5, 5.41) is 0. The molecule has 0 aromatic carbocycles. The average Bonchev–Trinajstić information content (AvgIpc) is 2.44. The third-order valence-corrected chi connectivity index (χ3v) is 4.11. The van der Waals surface area contributed by atoms with Gasteiger partial charge in [0, 0.05) is 19.6 Å². The highest BCUT2D eigenvalue weighted by Crippen LogP contribution is 2.39. The van der Waals surface area contributed by atoms with Crippen molar-refractivity contribution in [3.63, 3.8) is 0 Å². The van der Waals surface area contributed by atoms with Gasteiger partial charge in [-0.1, -0.05) is 6.92 Å². The van der Waals surface area contributed by atoms with Crippen molar-refractivity contribution < 1.29 is 9.53 Å². The molecule has 0 N–H and O–H groups in total. The van der Waals surface area contributed by atoms with Gasteiger partial charge >= 0.3 is 0 Å². The molecule has 1 fully saturated rings. The zero-order chi connectivity index (χ0) is 15.6. The van der Waals surface area contributed by atoms with Gasteiger partial charge in [-0.25, -0.2) is 0 Å². The predicted octanol–water partition coefficient (Wildman–Crippen LogP) is 2.03. The van der Waals surface area contributed by atoms with Crippen LogP contribution in [0.4, 0.5) is 0 Å². The van der Waals surface area contributed by atoms with Gasteiger partial charge in [-0.05, 0) is 54.8 Å². The van der Waals surface area contributed by atoms with Crippen LogP contribution in [0.5, 0.6) is 0 Å². The number of ether oxygens (including phenoxy) is 1. The second-order valence-electron chi connectivity index (χ2n) is 7.24. The van der Waals surface area contributed by atoms with Crippen LogP contribution in [0.3, 0.4) is 0 Å². The molecule has 1 aliphatic heterocycles. The van der Waals surface area contributed by atoms with E-state index in [1.54, 1.807) is 0 Å². The summed E-state index contributed by atoms with van der Waals surface area (Å²) in [5.74, 6) is 0.208. The van der Waals surface area contributed by atoms with Gasteiger partial charge in [0.05, 0.1) is 11.5 Å². The van der Waals surface area contributed by atoms with E-state index in [9.17, 15) is 4.79 Å². The fourth-order valence-electron chi connectivity index (χ4n) is 3.03. The summed E-state index contributed by atoms with van der Waals surface area (Å²) in [6, 6.07) is 0. The molecule has 1 aliphatic rings. The largest absolute Gasteiger partial charge is 0.361 e. The normalized spacial score (nSPS) is 24.9. The Morgan fingerprint density at radius 1 is 1.10 bits per heavy atom. The average molecular weight is 284 g/mol. The molecular formula is C16H32N2O2. The smallest absolute Gasteiger partial charge is 0.171 e. The summed E-state index contributed by atoms with van der Waals surface area (Å²) in [7, 11) is 4.17. The molecule has 0 bridgehead atoms. The second kappa shape index (κ2) is 6.54. The molecule has 1 atom stereocenters. The van der Waals surface area contributed by atoms with E-state index in [0.29, 0.717) is 0 Å². The molecule has 0 amide bonds. The molecule has 4 nitrogen and oxygen atoms in total. The number of carbonyl (C=O) groups is 1. The fourth-order valence-corrected chi connectivity index (χ4v) is 3.03. The van der Waals surface area contributed by atoms with Gasteiger partial charge in [-0.15, -0.1) is 0 Å². The van der Waals surface area contributed by atoms with Gasteiger partial charge in [0.25, 0.3) is 0 Å². The minimum atomic E-state index is -0.645. The SMILES string of the molecule is CCCN(CCN(C)C)CC1C(=O)C(C)(C)OC1(C)C. The molecule has 0 aliphatic carbocycles. The first kappa shape index (κ1) is 17.6. The number of hydrogen-bond acceptors (Lipinski definition) is 4. The van der Waals surface area contributed by atoms with Crippen LogP contribution in [0, 0.1) is 5.92 Å². The van der Waals surface area contributed by atoms with E-state index in [-0.39, 0.29) is 17.3 Å². The first-order chi connectivity index (χ1) is 9.10. The maximum atomic E-state index is 12.6. The van der Waals surface area contributed by atoms with E-state index in [4.69, 9.17) is 4.74 Å². The Bertz CT molecular complexity index is 337. The molecule has 118 valence electrons. The highest BCUT2D eigenvalue weighted by atomic mass is 16.5. The van der Waals surface area contributed by atoms with E-state index >= 15 is 0 Å². The van der Waals surface area contributed by atoms with Crippen molar-refractivity contribution in [1.29, 1.82) is 0 Å². The number of rotatable bonds is 7. The molecule has 1 rings (SSSR count). The van der Waals surface area contributed by atoms with Crippen LogP contribution in [0.25, 0.3) is 0 Å². The monoisotopic (exact) mass is 284 g/mol. The van der Waals surface area contributed by atoms with Crippen LogP contribution in [-0.2, 0) is 9.53 Å². The van der Waals surface area contributed by atoms with Crippen LogP contribution in [0.2, 0.25) is 0 Å². The maximum Gasteiger partial charge on any atom is 0.171 e. The molecule has 0 radical (unpaired) electrons. The lowest BCUT2D eigenvalue weighted by Gasteiger charge is -2.31. The Kier molecular flexibility index (Phi) is 5.76. The second-order valence-corrected chi connectivity index (χ2v) is 7.24. The predicted molar refractivity (Wildman–Crippen MR) is 83.0 cm³/mol. The zero-order valence-electron chi connectivity index (χ0n) is 14.3. The first-order valence-electron chi connectivity index (χ1n) is 7.71. The van der Waals surface area contributed by atoms with Gasteiger partial charge in [-0.2, -0.15) is 0 Å². The molecule has 0 spiro atoms. The van der Waals surface area contributed by atoms with Crippen molar-refractivity contribution in [2.24, 2.45) is 5.92 Å². The van der Waals surface area contributed by atoms with Crippen LogP contribution < -0.4 is 0 Å². The molecule has 0 aromatic heterocycles. The minimum Gasteiger partial charge on any atom is -0.361 e. The summed E-state index contributed by atoms with van der Waals surface area (Å²) in [4.78, 5) is 17.1. The highest BCUT2D eigenvalue weighted by molar-refractivity contribution is 5.91. The summed E-state index contributed by atoms with van der Waals surface area (Å²) >= 11 is 0. The molecule has 1 saturated heterocycles. The van der Waals surface area contributed by atoms with Gasteiger partial charge in [0.15, 0.2) is 5.78 Å². The van der Waals surface area contributed by atoms with Crippen LogP contribution in [0.1, 0.15) is 41.0 Å². The Labute approximate surface area is 124 Å². The quantitative estimate of drug-likeness (QED) is 0.716. The number of carbonyl (C=O) groups excluding carboxylic acids is 1. The van der Waals surface area contributed by atoms with E-state index in [1.165, 1.54) is 0 Å². The van der Waals surface area contributed by atoms with Crippen molar-refractivity contribution in [1.82, 2.24) is 9.80 Å². The van der Waals surface area contributed by atoms with Crippen LogP contribution >= 0.6 is 0 Å². The Morgan fingerprint density at radius 3 is 2.10 bits per heavy atom. The van der Waals surface area contributed by atoms with Crippen LogP contribution in [-0.4, -0.2) is 67.1 Å². The molecule has 4 heteroatoms. The third kappa shape index (κ3) is 4.27. The van der Waals surface area contributed by atoms with Crippen molar-refractivity contribution in [2.45, 2.75) is 52.2 Å². The highest BCUT2D eigenvalue weighted by Gasteiger charge is 2.53. The molecular weight excluding hydrogens is 252 g/mol. The van der Waals surface area contributed by atoms with E-state index in [2.05, 4.69) is 30.8 Å². The molecule has 0 aromatic rings. The number of hydrogen-bond donors (Lipinski definition) is 0. The lowest BCUT2D eigenvalue weighted by molar-refractivity contribution is -0.132. The van der Waals surface area contributed by atoms with Crippen molar-refractivity contribution >= 4 is 5.78 Å². The van der Waals surface area contributed by atoms with E-state index in [1.807, 2.05) is 27.7 Å². The molecule has 1 unspecified atom stereocenters. The topological polar surface area (TPSA) is 32.8 Å². The number of likely N-dealkylation sites (N-methyl/N-ethyl adjacent to an activating group) is 1. The number of nitrogens with zero attached hydrogens (tertiary/aromatic N) is 2. The zero-order valence-corrected chi connectivity index (χ0v) is 14.3. The summed E-state index contributed by atoms with van der Waals surface area (Å²) in [6.07, 6.45) is 1.11. The lowest BCUT2D eigenvalue weighted by atomic mass is 9.85. The first-order valence-corrected chi connectivity index (χ1v) is 7.71. The minimum absolute atomic E-state index is 0.0359. The van der Waals surface area contributed by atoms with Crippen molar-refractivity contribution in [2.75, 3.05) is 40.3 Å². The van der Waals surface area contributed by atoms with Crippen molar-refractivity contribution in [3.8, 4) is 0 Å². The number of Topliss-reactive ketones (excluding diaryl/α,β-unsaturated/α-hetero) is 1. The third-order valence-electron chi connectivity index (χ3n) is 4.11. The van der Waals surface area contributed by atoms with E-state index < -0.39 is 5.60 Å². The van der Waals surface area contributed by atoms with Crippen LogP contribution in [0.15, 0.2) is 0 Å². The summed E-state index contributed by atoms with van der Waals surface area (Å²) in [6.45, 7) is 13.9. The number of ketones is 1. The lowest BCUT2D eigenvalue weighted by Crippen LogP contribution is -2.43. The van der Waals surface area contributed by atoms with E-state index in [0.717, 1.165) is 32.6 Å². The Hall–Kier alpha value is -0.450. The Morgan fingerprint density at radius 2 is 1.70 bits per heavy atom.